The highest BCUT2D eigenvalue weighted by atomic mass is 79.9. The molecule has 0 fully saturated rings. The highest BCUT2D eigenvalue weighted by Gasteiger charge is 2.28. The second-order valence-electron chi connectivity index (χ2n) is 4.81. The quantitative estimate of drug-likeness (QED) is 0.894. The fraction of sp³-hybridized carbons (Fsp3) is 0.188. The van der Waals surface area contributed by atoms with Crippen molar-refractivity contribution in [3.63, 3.8) is 0 Å². The van der Waals surface area contributed by atoms with Crippen LogP contribution in [-0.4, -0.2) is 18.0 Å². The Hall–Kier alpha value is -2.01. The lowest BCUT2D eigenvalue weighted by atomic mass is 9.96. The average Bonchev–Trinajstić information content (AvgIpc) is 2.47. The van der Waals surface area contributed by atoms with E-state index < -0.39 is 6.10 Å². The van der Waals surface area contributed by atoms with Gasteiger partial charge in [-0.1, -0.05) is 22.0 Å². The molecular formula is C16H13BrO4. The van der Waals surface area contributed by atoms with Gasteiger partial charge in [0.25, 0.3) is 0 Å². The van der Waals surface area contributed by atoms with E-state index >= 15 is 0 Å². The number of hydrogen-bond donors (Lipinski definition) is 1. The molecule has 108 valence electrons. The predicted molar refractivity (Wildman–Crippen MR) is 81.1 cm³/mol. The Labute approximate surface area is 130 Å². The number of Topliss-reactive ketones (excluding diaryl/α,β-unsaturated/α-hetero) is 1. The lowest BCUT2D eigenvalue weighted by molar-refractivity contribution is 0.0849. The molecule has 0 saturated carbocycles. The maximum Gasteiger partial charge on any atom is 0.170 e. The summed E-state index contributed by atoms with van der Waals surface area (Å²) >= 11 is 3.35. The Morgan fingerprint density at radius 2 is 2.10 bits per heavy atom. The monoisotopic (exact) mass is 348 g/mol. The zero-order chi connectivity index (χ0) is 15.0. The van der Waals surface area contributed by atoms with E-state index in [4.69, 9.17) is 9.47 Å². The van der Waals surface area contributed by atoms with Gasteiger partial charge in [0.1, 0.15) is 11.9 Å². The molecule has 0 spiro atoms. The molecule has 0 amide bonds. The molecule has 2 aromatic carbocycles. The molecule has 1 unspecified atom stereocenters. The summed E-state index contributed by atoms with van der Waals surface area (Å²) in [5, 5.41) is 9.85. The topological polar surface area (TPSA) is 55.8 Å². The molecule has 5 heteroatoms. The molecule has 4 nitrogen and oxygen atoms in total. The Kier molecular flexibility index (Phi) is 3.59. The van der Waals surface area contributed by atoms with Crippen LogP contribution in [0.5, 0.6) is 17.2 Å². The zero-order valence-corrected chi connectivity index (χ0v) is 12.9. The van der Waals surface area contributed by atoms with Gasteiger partial charge in [0, 0.05) is 4.47 Å². The van der Waals surface area contributed by atoms with Crippen LogP contribution in [-0.2, 0) is 0 Å². The van der Waals surface area contributed by atoms with Crippen molar-refractivity contribution in [3.8, 4) is 17.2 Å². The molecule has 1 heterocycles. The van der Waals surface area contributed by atoms with Crippen LogP contribution >= 0.6 is 15.9 Å². The molecule has 21 heavy (non-hydrogen) atoms. The summed E-state index contributed by atoms with van der Waals surface area (Å²) in [4.78, 5) is 12.2. The van der Waals surface area contributed by atoms with Crippen LogP contribution in [0.2, 0.25) is 0 Å². The molecule has 0 bridgehead atoms. The number of methoxy groups -OCH3 is 1. The number of carbonyl (C=O) groups excluding carboxylic acids is 1. The van der Waals surface area contributed by atoms with Gasteiger partial charge in [-0.15, -0.1) is 0 Å². The van der Waals surface area contributed by atoms with E-state index in [1.165, 1.54) is 7.11 Å². The maximum absolute atomic E-state index is 12.2. The molecule has 1 N–H and O–H groups in total. The second-order valence-corrected chi connectivity index (χ2v) is 5.72. The number of aromatic hydroxyl groups is 1. The van der Waals surface area contributed by atoms with Crippen LogP contribution in [0.25, 0.3) is 0 Å². The van der Waals surface area contributed by atoms with E-state index in [-0.39, 0.29) is 18.0 Å². The van der Waals surface area contributed by atoms with Gasteiger partial charge < -0.3 is 14.6 Å². The van der Waals surface area contributed by atoms with Crippen LogP contribution in [0.3, 0.4) is 0 Å². The van der Waals surface area contributed by atoms with Gasteiger partial charge in [0.15, 0.2) is 17.3 Å². The summed E-state index contributed by atoms with van der Waals surface area (Å²) in [6.07, 6.45) is -0.155. The summed E-state index contributed by atoms with van der Waals surface area (Å²) < 4.78 is 11.7. The number of ketones is 1. The normalized spacial score (nSPS) is 17.0. The first kappa shape index (κ1) is 13.9. The van der Waals surface area contributed by atoms with Gasteiger partial charge in [-0.05, 0) is 35.9 Å². The lowest BCUT2D eigenvalue weighted by Gasteiger charge is -2.26. The van der Waals surface area contributed by atoms with Crippen LogP contribution in [0.4, 0.5) is 0 Å². The number of benzene rings is 2. The molecular weight excluding hydrogens is 336 g/mol. The van der Waals surface area contributed by atoms with Crippen molar-refractivity contribution in [2.75, 3.05) is 7.11 Å². The molecule has 0 aliphatic carbocycles. The van der Waals surface area contributed by atoms with Gasteiger partial charge in [0.05, 0.1) is 19.1 Å². The zero-order valence-electron chi connectivity index (χ0n) is 11.3. The third-order valence-electron chi connectivity index (χ3n) is 3.46. The first-order valence-electron chi connectivity index (χ1n) is 6.45. The van der Waals surface area contributed by atoms with Crippen molar-refractivity contribution < 1.29 is 19.4 Å². The van der Waals surface area contributed by atoms with Crippen molar-refractivity contribution in [1.29, 1.82) is 0 Å². The SMILES string of the molecule is COc1ccc(C2CC(=O)c3cc(Br)ccc3O2)cc1O. The molecule has 0 radical (unpaired) electrons. The van der Waals surface area contributed by atoms with Crippen molar-refractivity contribution in [2.45, 2.75) is 12.5 Å². The molecule has 0 saturated heterocycles. The average molecular weight is 349 g/mol. The van der Waals surface area contributed by atoms with Gasteiger partial charge in [0.2, 0.25) is 0 Å². The van der Waals surface area contributed by atoms with Crippen LogP contribution in [0, 0.1) is 0 Å². The van der Waals surface area contributed by atoms with Gasteiger partial charge in [-0.3, -0.25) is 4.79 Å². The molecule has 1 aliphatic heterocycles. The Balaban J connectivity index is 1.94. The van der Waals surface area contributed by atoms with E-state index in [1.807, 2.05) is 6.07 Å². The van der Waals surface area contributed by atoms with E-state index in [0.717, 1.165) is 10.0 Å². The number of fused-ring (bicyclic) bond motifs is 1. The highest BCUT2D eigenvalue weighted by molar-refractivity contribution is 9.10. The van der Waals surface area contributed by atoms with E-state index in [1.54, 1.807) is 30.3 Å². The largest absolute Gasteiger partial charge is 0.504 e. The van der Waals surface area contributed by atoms with Crippen LogP contribution in [0.15, 0.2) is 40.9 Å². The summed E-state index contributed by atoms with van der Waals surface area (Å²) in [5.41, 5.74) is 1.33. The number of halogens is 1. The molecule has 3 rings (SSSR count). The van der Waals surface area contributed by atoms with Crippen molar-refractivity contribution in [3.05, 3.63) is 52.0 Å². The summed E-state index contributed by atoms with van der Waals surface area (Å²) in [7, 11) is 1.49. The lowest BCUT2D eigenvalue weighted by Crippen LogP contribution is -2.20. The predicted octanol–water partition coefficient (Wildman–Crippen LogP) is 3.87. The van der Waals surface area contributed by atoms with Crippen LogP contribution in [0.1, 0.15) is 28.4 Å². The minimum atomic E-state index is -0.400. The molecule has 0 aromatic heterocycles. The number of carbonyl (C=O) groups is 1. The summed E-state index contributed by atoms with van der Waals surface area (Å²) in [5.74, 6) is 1.02. The Bertz CT molecular complexity index is 711. The van der Waals surface area contributed by atoms with Gasteiger partial charge >= 0.3 is 0 Å². The molecule has 1 aliphatic rings. The number of rotatable bonds is 2. The third-order valence-corrected chi connectivity index (χ3v) is 3.95. The van der Waals surface area contributed by atoms with E-state index in [2.05, 4.69) is 15.9 Å². The summed E-state index contributed by atoms with van der Waals surface area (Å²) in [6, 6.07) is 10.4. The van der Waals surface area contributed by atoms with Crippen LogP contribution < -0.4 is 9.47 Å². The fourth-order valence-corrected chi connectivity index (χ4v) is 2.75. The summed E-state index contributed by atoms with van der Waals surface area (Å²) in [6.45, 7) is 0. The van der Waals surface area contributed by atoms with Crippen molar-refractivity contribution in [1.82, 2.24) is 0 Å². The standard InChI is InChI=1S/C16H13BrO4/c1-20-15-4-2-9(6-13(15)19)16-8-12(18)11-7-10(17)3-5-14(11)21-16/h2-7,16,19H,8H2,1H3. The number of ether oxygens (including phenoxy) is 2. The second kappa shape index (κ2) is 5.41. The Morgan fingerprint density at radius 1 is 1.29 bits per heavy atom. The first-order chi connectivity index (χ1) is 10.1. The first-order valence-corrected chi connectivity index (χ1v) is 7.24. The smallest absolute Gasteiger partial charge is 0.170 e. The number of hydrogen-bond acceptors (Lipinski definition) is 4. The van der Waals surface area contributed by atoms with Gasteiger partial charge in [-0.25, -0.2) is 0 Å². The highest BCUT2D eigenvalue weighted by Crippen LogP contribution is 2.38. The minimum Gasteiger partial charge on any atom is -0.504 e. The van der Waals surface area contributed by atoms with E-state index in [0.29, 0.717) is 17.1 Å². The third kappa shape index (κ3) is 2.61. The van der Waals surface area contributed by atoms with E-state index in [9.17, 15) is 9.90 Å². The Morgan fingerprint density at radius 3 is 2.81 bits per heavy atom. The van der Waals surface area contributed by atoms with Crippen molar-refractivity contribution >= 4 is 21.7 Å². The van der Waals surface area contributed by atoms with Crippen molar-refractivity contribution in [2.24, 2.45) is 0 Å². The number of phenolic OH excluding ortho intramolecular Hbond substituents is 1. The van der Waals surface area contributed by atoms with Gasteiger partial charge in [-0.2, -0.15) is 0 Å². The fourth-order valence-electron chi connectivity index (χ4n) is 2.39. The number of phenols is 1. The minimum absolute atomic E-state index is 0.0258. The maximum atomic E-state index is 12.2. The molecule has 1 atom stereocenters. The molecule has 2 aromatic rings.